The third-order valence-electron chi connectivity index (χ3n) is 3.52. The Kier molecular flexibility index (Phi) is 8.75. The third kappa shape index (κ3) is 6.87. The number of guanidine groups is 1. The lowest BCUT2D eigenvalue weighted by Gasteiger charge is -2.22. The van der Waals surface area contributed by atoms with Crippen molar-refractivity contribution >= 4 is 41.5 Å². The smallest absolute Gasteiger partial charge is 0.191 e. The summed E-state index contributed by atoms with van der Waals surface area (Å²) in [6, 6.07) is 11.2. The summed E-state index contributed by atoms with van der Waals surface area (Å²) in [4.78, 5) is 4.52. The van der Waals surface area contributed by atoms with E-state index in [2.05, 4.69) is 15.6 Å². The van der Waals surface area contributed by atoms with Crippen molar-refractivity contribution in [3.8, 4) is 0 Å². The lowest BCUT2D eigenvalue weighted by Crippen LogP contribution is -2.44. The van der Waals surface area contributed by atoms with Gasteiger partial charge in [-0.2, -0.15) is 0 Å². The van der Waals surface area contributed by atoms with E-state index in [-0.39, 0.29) is 30.5 Å². The third-order valence-corrected chi connectivity index (χ3v) is 3.76. The quantitative estimate of drug-likeness (QED) is 0.336. The summed E-state index contributed by atoms with van der Waals surface area (Å²) in [6.45, 7) is 7.05. The van der Waals surface area contributed by atoms with Gasteiger partial charge in [-0.05, 0) is 50.6 Å². The molecule has 1 heterocycles. The molecule has 1 atom stereocenters. The van der Waals surface area contributed by atoms with Gasteiger partial charge in [-0.1, -0.05) is 23.7 Å². The molecule has 138 valence electrons. The van der Waals surface area contributed by atoms with Gasteiger partial charge in [0, 0.05) is 11.6 Å². The summed E-state index contributed by atoms with van der Waals surface area (Å²) >= 11 is 5.99. The molecule has 0 aliphatic heterocycles. The fourth-order valence-electron chi connectivity index (χ4n) is 2.21. The number of nitrogens with zero attached hydrogens (tertiary/aromatic N) is 1. The second-order valence-electron chi connectivity index (χ2n) is 5.86. The Labute approximate surface area is 170 Å². The molecule has 1 aromatic carbocycles. The maximum Gasteiger partial charge on any atom is 0.191 e. The van der Waals surface area contributed by atoms with Crippen LogP contribution in [0.4, 0.5) is 0 Å². The number of hydrogen-bond donors (Lipinski definition) is 3. The SMILES string of the molecule is CCNC(=NCc1cccc(Cl)c1)NCC(C)(O)c1ccc(C)o1.I. The standard InChI is InChI=1S/C18H24ClN3O2.HI/c1-4-20-17(21-11-14-6-5-7-15(19)10-14)22-12-18(3,23)16-9-8-13(2)24-16;/h5-10,23H,4,11-12H2,1-3H3,(H2,20,21,22);1H. The molecule has 0 bridgehead atoms. The summed E-state index contributed by atoms with van der Waals surface area (Å²) in [5, 5.41) is 17.6. The number of halogens is 2. The first-order chi connectivity index (χ1) is 11.4. The van der Waals surface area contributed by atoms with E-state index in [9.17, 15) is 5.11 Å². The van der Waals surface area contributed by atoms with Gasteiger partial charge in [0.05, 0.1) is 13.1 Å². The molecular formula is C18H25ClIN3O2. The number of furan rings is 1. The van der Waals surface area contributed by atoms with Crippen molar-refractivity contribution in [2.75, 3.05) is 13.1 Å². The monoisotopic (exact) mass is 477 g/mol. The van der Waals surface area contributed by atoms with Crippen molar-refractivity contribution < 1.29 is 9.52 Å². The van der Waals surface area contributed by atoms with Crippen LogP contribution in [0.3, 0.4) is 0 Å². The molecule has 2 aromatic rings. The highest BCUT2D eigenvalue weighted by atomic mass is 127. The van der Waals surface area contributed by atoms with Gasteiger partial charge in [-0.3, -0.25) is 0 Å². The zero-order valence-electron chi connectivity index (χ0n) is 14.7. The summed E-state index contributed by atoms with van der Waals surface area (Å²) in [6.07, 6.45) is 0. The van der Waals surface area contributed by atoms with Crippen LogP contribution in [-0.4, -0.2) is 24.2 Å². The van der Waals surface area contributed by atoms with Crippen LogP contribution in [0.15, 0.2) is 45.8 Å². The molecule has 0 spiro atoms. The summed E-state index contributed by atoms with van der Waals surface area (Å²) < 4.78 is 5.52. The van der Waals surface area contributed by atoms with Crippen molar-refractivity contribution in [2.24, 2.45) is 4.99 Å². The highest BCUT2D eigenvalue weighted by Gasteiger charge is 2.27. The molecule has 3 N–H and O–H groups in total. The van der Waals surface area contributed by atoms with Crippen molar-refractivity contribution in [3.63, 3.8) is 0 Å². The first-order valence-corrected chi connectivity index (χ1v) is 8.34. The molecule has 25 heavy (non-hydrogen) atoms. The first-order valence-electron chi connectivity index (χ1n) is 7.96. The number of rotatable bonds is 6. The molecule has 2 rings (SSSR count). The van der Waals surface area contributed by atoms with Gasteiger partial charge >= 0.3 is 0 Å². The van der Waals surface area contributed by atoms with E-state index in [1.807, 2.05) is 44.2 Å². The zero-order valence-corrected chi connectivity index (χ0v) is 17.8. The molecule has 5 nitrogen and oxygen atoms in total. The number of nitrogens with one attached hydrogen (secondary N) is 2. The maximum absolute atomic E-state index is 10.6. The molecule has 1 unspecified atom stereocenters. The van der Waals surface area contributed by atoms with Crippen LogP contribution in [0.25, 0.3) is 0 Å². The van der Waals surface area contributed by atoms with Crippen LogP contribution >= 0.6 is 35.6 Å². The topological polar surface area (TPSA) is 69.8 Å². The largest absolute Gasteiger partial charge is 0.463 e. The van der Waals surface area contributed by atoms with Crippen molar-refractivity contribution in [1.82, 2.24) is 10.6 Å². The first kappa shape index (κ1) is 21.8. The van der Waals surface area contributed by atoms with Gasteiger partial charge in [0.25, 0.3) is 0 Å². The minimum Gasteiger partial charge on any atom is -0.463 e. The average molecular weight is 478 g/mol. The van der Waals surface area contributed by atoms with Crippen LogP contribution in [0.2, 0.25) is 5.02 Å². The van der Waals surface area contributed by atoms with Gasteiger partial charge in [0.15, 0.2) is 5.96 Å². The Morgan fingerprint density at radius 2 is 2.04 bits per heavy atom. The van der Waals surface area contributed by atoms with E-state index in [1.54, 1.807) is 13.0 Å². The molecule has 0 aliphatic carbocycles. The Hall–Kier alpha value is -1.25. The number of aliphatic hydroxyl groups is 1. The normalized spacial score (nSPS) is 13.7. The molecule has 0 amide bonds. The maximum atomic E-state index is 10.6. The molecule has 0 radical (unpaired) electrons. The fraction of sp³-hybridized carbons (Fsp3) is 0.389. The molecule has 0 saturated carbocycles. The summed E-state index contributed by atoms with van der Waals surface area (Å²) in [5.74, 6) is 1.92. The van der Waals surface area contributed by atoms with E-state index in [1.165, 1.54) is 0 Å². The number of aliphatic imine (C=N–C) groups is 1. The molecular weight excluding hydrogens is 453 g/mol. The predicted molar refractivity (Wildman–Crippen MR) is 113 cm³/mol. The highest BCUT2D eigenvalue weighted by Crippen LogP contribution is 2.21. The molecule has 0 fully saturated rings. The average Bonchev–Trinajstić information content (AvgIpc) is 2.98. The van der Waals surface area contributed by atoms with Gasteiger partial charge in [0.2, 0.25) is 0 Å². The zero-order chi connectivity index (χ0) is 17.6. The second kappa shape index (κ2) is 10.0. The summed E-state index contributed by atoms with van der Waals surface area (Å²) in [7, 11) is 0. The lowest BCUT2D eigenvalue weighted by molar-refractivity contribution is 0.0378. The van der Waals surface area contributed by atoms with E-state index in [4.69, 9.17) is 16.0 Å². The minimum absolute atomic E-state index is 0. The Morgan fingerprint density at radius 3 is 2.64 bits per heavy atom. The van der Waals surface area contributed by atoms with Gasteiger partial charge in [0.1, 0.15) is 17.1 Å². The predicted octanol–water partition coefficient (Wildman–Crippen LogP) is 3.82. The molecule has 0 aliphatic rings. The van der Waals surface area contributed by atoms with Crippen molar-refractivity contribution in [1.29, 1.82) is 0 Å². The van der Waals surface area contributed by atoms with Crippen LogP contribution in [0.5, 0.6) is 0 Å². The van der Waals surface area contributed by atoms with Crippen LogP contribution in [0, 0.1) is 6.92 Å². The fourth-order valence-corrected chi connectivity index (χ4v) is 2.43. The van der Waals surface area contributed by atoms with Crippen LogP contribution in [-0.2, 0) is 12.1 Å². The number of aryl methyl sites for hydroxylation is 1. The van der Waals surface area contributed by atoms with Crippen LogP contribution in [0.1, 0.15) is 30.9 Å². The highest BCUT2D eigenvalue weighted by molar-refractivity contribution is 14.0. The number of hydrogen-bond acceptors (Lipinski definition) is 3. The van der Waals surface area contributed by atoms with E-state index >= 15 is 0 Å². The van der Waals surface area contributed by atoms with Gasteiger partial charge in [-0.25, -0.2) is 4.99 Å². The Morgan fingerprint density at radius 1 is 1.28 bits per heavy atom. The van der Waals surface area contributed by atoms with Crippen molar-refractivity contribution in [2.45, 2.75) is 32.9 Å². The van der Waals surface area contributed by atoms with Crippen LogP contribution < -0.4 is 10.6 Å². The van der Waals surface area contributed by atoms with E-state index in [0.717, 1.165) is 17.9 Å². The van der Waals surface area contributed by atoms with E-state index < -0.39 is 5.60 Å². The van der Waals surface area contributed by atoms with Gasteiger partial charge < -0.3 is 20.2 Å². The molecule has 1 aromatic heterocycles. The Bertz CT molecular complexity index is 701. The second-order valence-corrected chi connectivity index (χ2v) is 6.30. The summed E-state index contributed by atoms with van der Waals surface area (Å²) in [5.41, 5.74) is -0.103. The molecule has 0 saturated heterocycles. The lowest BCUT2D eigenvalue weighted by atomic mass is 10.0. The van der Waals surface area contributed by atoms with Crippen molar-refractivity contribution in [3.05, 3.63) is 58.5 Å². The Balaban J connectivity index is 0.00000312. The van der Waals surface area contributed by atoms with Gasteiger partial charge in [-0.15, -0.1) is 24.0 Å². The number of benzene rings is 1. The van der Waals surface area contributed by atoms with E-state index in [0.29, 0.717) is 23.3 Å². The minimum atomic E-state index is -1.12. The molecule has 7 heteroatoms.